The Morgan fingerprint density at radius 2 is 2.00 bits per heavy atom. The molecular formula is C10H11Cl3N2S. The van der Waals surface area contributed by atoms with Crippen LogP contribution in [0.15, 0.2) is 23.2 Å². The number of rotatable bonds is 1. The van der Waals surface area contributed by atoms with Crippen molar-refractivity contribution < 1.29 is 0 Å². The Kier molecular flexibility index (Phi) is 5.25. The van der Waals surface area contributed by atoms with Crippen molar-refractivity contribution in [1.29, 1.82) is 0 Å². The zero-order valence-corrected chi connectivity index (χ0v) is 11.7. The van der Waals surface area contributed by atoms with Crippen molar-refractivity contribution in [3.63, 3.8) is 0 Å². The number of halogens is 3. The molecule has 0 saturated carbocycles. The number of hydrogen-bond acceptors (Lipinski definition) is 3. The van der Waals surface area contributed by atoms with Crippen LogP contribution in [0.5, 0.6) is 0 Å². The SMILES string of the molecule is CSC1=NC(c2c(Cl)cccc2Cl)CN1.Cl. The monoisotopic (exact) mass is 296 g/mol. The minimum Gasteiger partial charge on any atom is -0.362 e. The number of amidine groups is 1. The van der Waals surface area contributed by atoms with E-state index in [4.69, 9.17) is 23.2 Å². The normalized spacial score (nSPS) is 18.7. The highest BCUT2D eigenvalue weighted by molar-refractivity contribution is 8.13. The molecule has 0 spiro atoms. The first-order chi connectivity index (χ1) is 7.22. The van der Waals surface area contributed by atoms with E-state index in [0.717, 1.165) is 17.3 Å². The first-order valence-electron chi connectivity index (χ1n) is 4.52. The molecule has 2 rings (SSSR count). The molecule has 1 unspecified atom stereocenters. The maximum Gasteiger partial charge on any atom is 0.157 e. The van der Waals surface area contributed by atoms with E-state index >= 15 is 0 Å². The summed E-state index contributed by atoms with van der Waals surface area (Å²) in [5, 5.41) is 5.51. The van der Waals surface area contributed by atoms with E-state index in [0.29, 0.717) is 10.0 Å². The maximum absolute atomic E-state index is 6.11. The van der Waals surface area contributed by atoms with Crippen LogP contribution in [0.4, 0.5) is 0 Å². The number of thioether (sulfide) groups is 1. The molecule has 0 saturated heterocycles. The van der Waals surface area contributed by atoms with Crippen molar-refractivity contribution in [2.75, 3.05) is 12.8 Å². The third kappa shape index (κ3) is 2.77. The third-order valence-corrected chi connectivity index (χ3v) is 3.54. The van der Waals surface area contributed by atoms with Gasteiger partial charge < -0.3 is 5.32 Å². The van der Waals surface area contributed by atoms with Gasteiger partial charge in [-0.1, -0.05) is 41.0 Å². The summed E-state index contributed by atoms with van der Waals surface area (Å²) in [6.45, 7) is 0.764. The lowest BCUT2D eigenvalue weighted by atomic mass is 10.1. The van der Waals surface area contributed by atoms with Gasteiger partial charge in [0.1, 0.15) is 0 Å². The standard InChI is InChI=1S/C10H10Cl2N2S.ClH/c1-15-10-13-5-8(14-10)9-6(11)3-2-4-7(9)12;/h2-4,8H,5H2,1H3,(H,13,14);1H. The molecular weight excluding hydrogens is 287 g/mol. The minimum atomic E-state index is 0. The van der Waals surface area contributed by atoms with Crippen LogP contribution in [0.25, 0.3) is 0 Å². The van der Waals surface area contributed by atoms with Crippen LogP contribution < -0.4 is 5.32 Å². The Morgan fingerprint density at radius 1 is 1.38 bits per heavy atom. The lowest BCUT2D eigenvalue weighted by molar-refractivity contribution is 0.752. The van der Waals surface area contributed by atoms with Gasteiger partial charge in [-0.3, -0.25) is 4.99 Å². The van der Waals surface area contributed by atoms with Crippen molar-refractivity contribution in [1.82, 2.24) is 5.32 Å². The summed E-state index contributed by atoms with van der Waals surface area (Å²) in [5.41, 5.74) is 0.914. The molecule has 1 aromatic rings. The van der Waals surface area contributed by atoms with E-state index in [9.17, 15) is 0 Å². The summed E-state index contributed by atoms with van der Waals surface area (Å²) in [5.74, 6) is 0. The van der Waals surface area contributed by atoms with E-state index in [1.807, 2.05) is 24.5 Å². The lowest BCUT2D eigenvalue weighted by Gasteiger charge is -2.10. The fourth-order valence-corrected chi connectivity index (χ4v) is 2.65. The van der Waals surface area contributed by atoms with E-state index in [-0.39, 0.29) is 18.4 Å². The van der Waals surface area contributed by atoms with Crippen LogP contribution in [-0.2, 0) is 0 Å². The number of nitrogens with zero attached hydrogens (tertiary/aromatic N) is 1. The Bertz CT molecular complexity index is 389. The van der Waals surface area contributed by atoms with E-state index in [1.165, 1.54) is 0 Å². The lowest BCUT2D eigenvalue weighted by Crippen LogP contribution is -2.16. The Labute approximate surface area is 115 Å². The highest BCUT2D eigenvalue weighted by Crippen LogP contribution is 2.34. The van der Waals surface area contributed by atoms with Gasteiger partial charge in [0, 0.05) is 22.2 Å². The zero-order chi connectivity index (χ0) is 10.8. The molecule has 2 nitrogen and oxygen atoms in total. The summed E-state index contributed by atoms with van der Waals surface area (Å²) in [6, 6.07) is 5.56. The number of nitrogens with one attached hydrogen (secondary N) is 1. The van der Waals surface area contributed by atoms with Gasteiger partial charge in [0.15, 0.2) is 5.17 Å². The second-order valence-electron chi connectivity index (χ2n) is 3.17. The fraction of sp³-hybridized carbons (Fsp3) is 0.300. The Morgan fingerprint density at radius 3 is 2.50 bits per heavy atom. The smallest absolute Gasteiger partial charge is 0.157 e. The van der Waals surface area contributed by atoms with Crippen molar-refractivity contribution >= 4 is 52.5 Å². The van der Waals surface area contributed by atoms with Gasteiger partial charge in [0.25, 0.3) is 0 Å². The molecule has 88 valence electrons. The Balaban J connectivity index is 0.00000128. The molecule has 0 radical (unpaired) electrons. The average molecular weight is 298 g/mol. The molecule has 1 aromatic carbocycles. The van der Waals surface area contributed by atoms with Crippen LogP contribution in [0.2, 0.25) is 10.0 Å². The van der Waals surface area contributed by atoms with E-state index in [2.05, 4.69) is 10.3 Å². The fourth-order valence-electron chi connectivity index (χ4n) is 1.54. The van der Waals surface area contributed by atoms with Crippen LogP contribution >= 0.6 is 47.4 Å². The second-order valence-corrected chi connectivity index (χ2v) is 4.78. The van der Waals surface area contributed by atoms with Crippen molar-refractivity contribution in [3.05, 3.63) is 33.8 Å². The molecule has 0 aromatic heterocycles. The van der Waals surface area contributed by atoms with Gasteiger partial charge in [-0.2, -0.15) is 0 Å². The predicted octanol–water partition coefficient (Wildman–Crippen LogP) is 3.78. The minimum absolute atomic E-state index is 0. The summed E-state index contributed by atoms with van der Waals surface area (Å²) >= 11 is 13.8. The van der Waals surface area contributed by atoms with Crippen LogP contribution in [0.1, 0.15) is 11.6 Å². The highest BCUT2D eigenvalue weighted by Gasteiger charge is 2.22. The molecule has 0 fully saturated rings. The van der Waals surface area contributed by atoms with Gasteiger partial charge in [0.05, 0.1) is 6.04 Å². The molecule has 16 heavy (non-hydrogen) atoms. The summed E-state index contributed by atoms with van der Waals surface area (Å²) in [6.07, 6.45) is 1.99. The van der Waals surface area contributed by atoms with Crippen molar-refractivity contribution in [2.24, 2.45) is 4.99 Å². The molecule has 6 heteroatoms. The van der Waals surface area contributed by atoms with Crippen molar-refractivity contribution in [2.45, 2.75) is 6.04 Å². The Hall–Kier alpha value is -0.0900. The molecule has 1 aliphatic rings. The topological polar surface area (TPSA) is 24.4 Å². The van der Waals surface area contributed by atoms with Gasteiger partial charge in [-0.15, -0.1) is 12.4 Å². The largest absolute Gasteiger partial charge is 0.362 e. The zero-order valence-electron chi connectivity index (χ0n) is 8.54. The van der Waals surface area contributed by atoms with Gasteiger partial charge in [-0.25, -0.2) is 0 Å². The summed E-state index contributed by atoms with van der Waals surface area (Å²) < 4.78 is 0. The first-order valence-corrected chi connectivity index (χ1v) is 6.50. The van der Waals surface area contributed by atoms with E-state index in [1.54, 1.807) is 11.8 Å². The number of benzene rings is 1. The van der Waals surface area contributed by atoms with Gasteiger partial charge >= 0.3 is 0 Å². The second kappa shape index (κ2) is 6.01. The molecule has 1 aliphatic heterocycles. The molecule has 0 bridgehead atoms. The third-order valence-electron chi connectivity index (χ3n) is 2.25. The summed E-state index contributed by atoms with van der Waals surface area (Å²) in [4.78, 5) is 4.50. The molecule has 0 amide bonds. The van der Waals surface area contributed by atoms with Crippen LogP contribution in [0, 0.1) is 0 Å². The van der Waals surface area contributed by atoms with Crippen LogP contribution in [0.3, 0.4) is 0 Å². The molecule has 0 aliphatic carbocycles. The molecule has 1 N–H and O–H groups in total. The van der Waals surface area contributed by atoms with E-state index < -0.39 is 0 Å². The average Bonchev–Trinajstić information content (AvgIpc) is 2.66. The highest BCUT2D eigenvalue weighted by atomic mass is 35.5. The van der Waals surface area contributed by atoms with Crippen molar-refractivity contribution in [3.8, 4) is 0 Å². The number of aliphatic imine (C=N–C) groups is 1. The van der Waals surface area contributed by atoms with Crippen LogP contribution in [-0.4, -0.2) is 18.0 Å². The maximum atomic E-state index is 6.11. The summed E-state index contributed by atoms with van der Waals surface area (Å²) in [7, 11) is 0. The quantitative estimate of drug-likeness (QED) is 0.853. The number of hydrogen-bond donors (Lipinski definition) is 1. The molecule has 1 atom stereocenters. The first kappa shape index (κ1) is 14.0. The van der Waals surface area contributed by atoms with Gasteiger partial charge in [0.2, 0.25) is 0 Å². The molecule has 1 heterocycles. The predicted molar refractivity (Wildman–Crippen MR) is 75.4 cm³/mol. The van der Waals surface area contributed by atoms with Gasteiger partial charge in [-0.05, 0) is 18.4 Å².